The van der Waals surface area contributed by atoms with Gasteiger partial charge >= 0.3 is 12.1 Å². The first kappa shape index (κ1) is 39.5. The summed E-state index contributed by atoms with van der Waals surface area (Å²) in [6.45, 7) is 17.4. The Bertz CT molecular complexity index is 1380. The van der Waals surface area contributed by atoms with Gasteiger partial charge in [-0.1, -0.05) is 97.9 Å². The van der Waals surface area contributed by atoms with Crippen LogP contribution in [0.25, 0.3) is 0 Å². The number of ether oxygens (including phenoxy) is 2. The molecule has 1 aliphatic rings. The number of hydrazine groups is 1. The number of nitrogens with zero attached hydrogens (tertiary/aromatic N) is 1. The molecule has 3 rings (SSSR count). The largest absolute Gasteiger partial charge is 0.543 e. The molecule has 0 saturated carbocycles. The molecule has 0 aromatic heterocycles. The van der Waals surface area contributed by atoms with E-state index in [9.17, 15) is 19.2 Å². The zero-order valence-corrected chi connectivity index (χ0v) is 31.6. The number of hydrogen-bond acceptors (Lipinski definition) is 8. The van der Waals surface area contributed by atoms with Crippen molar-refractivity contribution in [2.75, 3.05) is 13.7 Å². The molecule has 2 aromatic rings. The van der Waals surface area contributed by atoms with Crippen LogP contribution in [0.15, 0.2) is 54.6 Å². The second-order valence-corrected chi connectivity index (χ2v) is 19.5. The molecule has 1 aliphatic heterocycles. The maximum absolute atomic E-state index is 14.1. The second kappa shape index (κ2) is 18.2. The van der Waals surface area contributed by atoms with Gasteiger partial charge in [-0.2, -0.15) is 0 Å². The molecular formula is C37H56N4O7Si. The van der Waals surface area contributed by atoms with E-state index in [1.54, 1.807) is 13.8 Å². The van der Waals surface area contributed by atoms with Crippen molar-refractivity contribution in [2.24, 2.45) is 5.92 Å². The Morgan fingerprint density at radius 3 is 2.10 bits per heavy atom. The summed E-state index contributed by atoms with van der Waals surface area (Å²) in [5.41, 5.74) is 5.72. The average molecular weight is 697 g/mol. The molecule has 1 fully saturated rings. The summed E-state index contributed by atoms with van der Waals surface area (Å²) in [7, 11) is -0.943. The number of hydrogen-bond donors (Lipinski definition) is 3. The number of rotatable bonds is 15. The predicted molar refractivity (Wildman–Crippen MR) is 192 cm³/mol. The molecule has 3 N–H and O–H groups in total. The Balaban J connectivity index is 1.87. The topological polar surface area (TPSA) is 135 Å². The molecule has 1 heterocycles. The van der Waals surface area contributed by atoms with E-state index in [-0.39, 0.29) is 18.9 Å². The van der Waals surface area contributed by atoms with Gasteiger partial charge in [-0.15, -0.1) is 0 Å². The molecule has 270 valence electrons. The van der Waals surface area contributed by atoms with Crippen LogP contribution < -0.4 is 20.5 Å². The summed E-state index contributed by atoms with van der Waals surface area (Å²) >= 11 is 0. The fraction of sp³-hybridized carbons (Fsp3) is 0.568. The number of nitrogens with one attached hydrogen (secondary N) is 3. The molecule has 2 aromatic carbocycles. The lowest BCUT2D eigenvalue weighted by molar-refractivity contribution is -0.151. The van der Waals surface area contributed by atoms with Gasteiger partial charge in [0.2, 0.25) is 5.91 Å². The van der Waals surface area contributed by atoms with Crippen LogP contribution in [0.3, 0.4) is 0 Å². The van der Waals surface area contributed by atoms with E-state index in [0.29, 0.717) is 36.0 Å². The van der Waals surface area contributed by atoms with Crippen molar-refractivity contribution >= 4 is 32.2 Å². The van der Waals surface area contributed by atoms with Crippen molar-refractivity contribution in [2.45, 2.75) is 116 Å². The quantitative estimate of drug-likeness (QED) is 0.155. The summed E-state index contributed by atoms with van der Waals surface area (Å²) in [4.78, 5) is 53.0. The SMILES string of the molecule is COC(=O)[C@@H]1CCCN(C(=O)[C@H](Cc2cccc(O[Si](C(C)C)(C(C)C)C(C)C)c2)NC(=O)[C@@H](NC(=O)OCc2ccccc2)C(C)C)N1. The average Bonchev–Trinajstić information content (AvgIpc) is 3.07. The van der Waals surface area contributed by atoms with Gasteiger partial charge in [0.15, 0.2) is 0 Å². The lowest BCUT2D eigenvalue weighted by atomic mass is 10.0. The fourth-order valence-corrected chi connectivity index (χ4v) is 12.1. The van der Waals surface area contributed by atoms with Crippen molar-refractivity contribution in [3.8, 4) is 5.75 Å². The van der Waals surface area contributed by atoms with E-state index in [4.69, 9.17) is 13.9 Å². The van der Waals surface area contributed by atoms with Crippen LogP contribution in [0, 0.1) is 5.92 Å². The minimum absolute atomic E-state index is 0.0508. The summed E-state index contributed by atoms with van der Waals surface area (Å²) in [5, 5.41) is 6.98. The highest BCUT2D eigenvalue weighted by Crippen LogP contribution is 2.42. The third-order valence-electron chi connectivity index (χ3n) is 9.33. The van der Waals surface area contributed by atoms with Crippen molar-refractivity contribution in [1.29, 1.82) is 0 Å². The van der Waals surface area contributed by atoms with Crippen molar-refractivity contribution in [1.82, 2.24) is 21.1 Å². The first-order valence-corrected chi connectivity index (χ1v) is 19.5. The highest BCUT2D eigenvalue weighted by atomic mass is 28.4. The molecule has 1 saturated heterocycles. The highest BCUT2D eigenvalue weighted by molar-refractivity contribution is 6.78. The smallest absolute Gasteiger partial charge is 0.408 e. The lowest BCUT2D eigenvalue weighted by Crippen LogP contribution is -2.62. The monoisotopic (exact) mass is 696 g/mol. The first-order valence-electron chi connectivity index (χ1n) is 17.4. The van der Waals surface area contributed by atoms with Gasteiger partial charge in [0.1, 0.15) is 30.5 Å². The number of esters is 1. The van der Waals surface area contributed by atoms with Crippen molar-refractivity contribution in [3.63, 3.8) is 0 Å². The Hall–Kier alpha value is -3.90. The minimum atomic E-state index is -2.25. The Kier molecular flexibility index (Phi) is 14.7. The summed E-state index contributed by atoms with van der Waals surface area (Å²) in [6.07, 6.45) is 0.520. The Labute approximate surface area is 292 Å². The van der Waals surface area contributed by atoms with Gasteiger partial charge in [0.25, 0.3) is 14.2 Å². The number of carbonyl (C=O) groups is 4. The predicted octanol–water partition coefficient (Wildman–Crippen LogP) is 5.89. The van der Waals surface area contributed by atoms with Gasteiger partial charge in [-0.3, -0.25) is 19.4 Å². The van der Waals surface area contributed by atoms with Crippen LogP contribution in [0.5, 0.6) is 5.75 Å². The molecular weight excluding hydrogens is 641 g/mol. The Morgan fingerprint density at radius 2 is 1.51 bits per heavy atom. The molecule has 49 heavy (non-hydrogen) atoms. The second-order valence-electron chi connectivity index (χ2n) is 14.1. The van der Waals surface area contributed by atoms with Gasteiger partial charge in [-0.05, 0) is 58.6 Å². The van der Waals surface area contributed by atoms with E-state index in [1.807, 2.05) is 54.6 Å². The molecule has 3 amide bonds. The van der Waals surface area contributed by atoms with E-state index in [1.165, 1.54) is 12.1 Å². The Morgan fingerprint density at radius 1 is 0.878 bits per heavy atom. The molecule has 0 spiro atoms. The first-order chi connectivity index (χ1) is 23.2. The van der Waals surface area contributed by atoms with Crippen molar-refractivity contribution < 1.29 is 33.1 Å². The van der Waals surface area contributed by atoms with E-state index in [2.05, 4.69) is 57.6 Å². The summed E-state index contributed by atoms with van der Waals surface area (Å²) < 4.78 is 17.2. The summed E-state index contributed by atoms with van der Waals surface area (Å²) in [6, 6.07) is 14.3. The van der Waals surface area contributed by atoms with Crippen LogP contribution in [-0.4, -0.2) is 69.0 Å². The molecule has 3 atom stereocenters. The highest BCUT2D eigenvalue weighted by Gasteiger charge is 2.47. The normalized spacial score (nSPS) is 16.3. The molecule has 11 nitrogen and oxygen atoms in total. The maximum Gasteiger partial charge on any atom is 0.408 e. The van der Waals surface area contributed by atoms with Crippen LogP contribution in [0.4, 0.5) is 4.79 Å². The maximum atomic E-state index is 14.1. The lowest BCUT2D eigenvalue weighted by Gasteiger charge is -2.42. The van der Waals surface area contributed by atoms with Gasteiger partial charge in [0.05, 0.1) is 7.11 Å². The number of methoxy groups -OCH3 is 1. The number of alkyl carbamates (subject to hydrolysis) is 1. The van der Waals surface area contributed by atoms with Crippen LogP contribution in [0.2, 0.25) is 16.6 Å². The van der Waals surface area contributed by atoms with Gasteiger partial charge in [0, 0.05) is 13.0 Å². The van der Waals surface area contributed by atoms with E-state index in [0.717, 1.165) is 16.9 Å². The molecule has 0 aliphatic carbocycles. The van der Waals surface area contributed by atoms with Gasteiger partial charge < -0.3 is 24.5 Å². The van der Waals surface area contributed by atoms with Gasteiger partial charge in [-0.25, -0.2) is 10.2 Å². The number of carbonyl (C=O) groups excluding carboxylic acids is 4. The van der Waals surface area contributed by atoms with Crippen LogP contribution in [-0.2, 0) is 36.9 Å². The molecule has 0 unspecified atom stereocenters. The molecule has 12 heteroatoms. The number of benzene rings is 2. The number of amides is 3. The molecule has 0 bridgehead atoms. The zero-order chi connectivity index (χ0) is 36.3. The minimum Gasteiger partial charge on any atom is -0.543 e. The van der Waals surface area contributed by atoms with Crippen molar-refractivity contribution in [3.05, 3.63) is 65.7 Å². The fourth-order valence-electron chi connectivity index (χ4n) is 6.86. The summed E-state index contributed by atoms with van der Waals surface area (Å²) in [5.74, 6) is -0.964. The van der Waals surface area contributed by atoms with E-state index >= 15 is 0 Å². The standard InChI is InChI=1S/C37H56N4O7Si/c1-24(2)33(39-37(45)47-23-28-15-11-10-12-16-28)34(42)38-32(35(43)41-20-14-19-31(40-41)36(44)46-9)22-29-17-13-18-30(21-29)48-49(25(3)4,26(5)6)27(7)8/h10-13,15-18,21,24-27,31-33,40H,14,19-20,22-23H2,1-9H3,(H,38,42)(H,39,45)/t31-,32-,33-/m0/s1. The molecule has 0 radical (unpaired) electrons. The van der Waals surface area contributed by atoms with E-state index < -0.39 is 50.3 Å². The van der Waals surface area contributed by atoms with Crippen LogP contribution >= 0.6 is 0 Å². The third kappa shape index (κ3) is 10.5. The van der Waals surface area contributed by atoms with Crippen LogP contribution in [0.1, 0.15) is 79.4 Å². The third-order valence-corrected chi connectivity index (χ3v) is 15.3. The zero-order valence-electron chi connectivity index (χ0n) is 30.6.